The van der Waals surface area contributed by atoms with E-state index in [4.69, 9.17) is 16.3 Å². The quantitative estimate of drug-likeness (QED) is 0.858. The van der Waals surface area contributed by atoms with Crippen molar-refractivity contribution >= 4 is 51.3 Å². The molecule has 1 saturated heterocycles. The molecular weight excluding hydrogens is 364 g/mol. The average molecular weight is 379 g/mol. The predicted molar refractivity (Wildman–Crippen MR) is 96.7 cm³/mol. The maximum absolute atomic E-state index is 12.8. The lowest BCUT2D eigenvalue weighted by atomic mass is 10.2. The molecule has 1 aromatic heterocycles. The minimum absolute atomic E-state index is 0.0911. The van der Waals surface area contributed by atoms with E-state index in [1.807, 2.05) is 10.3 Å². The van der Waals surface area contributed by atoms with Gasteiger partial charge in [0.15, 0.2) is 17.5 Å². The predicted octanol–water partition coefficient (Wildman–Crippen LogP) is 2.73. The van der Waals surface area contributed by atoms with Gasteiger partial charge in [-0.3, -0.25) is 9.59 Å². The third-order valence-corrected chi connectivity index (χ3v) is 5.18. The normalized spacial score (nSPS) is 19.2. The summed E-state index contributed by atoms with van der Waals surface area (Å²) in [5.41, 5.74) is 0.917. The van der Waals surface area contributed by atoms with Gasteiger partial charge in [-0.15, -0.1) is 11.3 Å². The SMILES string of the molecule is O=C1COc2c(cc(Cl)cc2NC(=O)C2CCCN2c2nccs2)N1. The summed E-state index contributed by atoms with van der Waals surface area (Å²) in [4.78, 5) is 30.6. The number of anilines is 3. The molecule has 0 aliphatic carbocycles. The Bertz CT molecular complexity index is 827. The molecule has 0 radical (unpaired) electrons. The van der Waals surface area contributed by atoms with Gasteiger partial charge in [0, 0.05) is 23.1 Å². The number of amides is 2. The molecule has 2 aromatic rings. The van der Waals surface area contributed by atoms with Crippen LogP contribution in [-0.4, -0.2) is 36.0 Å². The fraction of sp³-hybridized carbons (Fsp3) is 0.312. The molecule has 0 saturated carbocycles. The summed E-state index contributed by atoms with van der Waals surface area (Å²) in [7, 11) is 0. The standard InChI is InChI=1S/C16H15ClN4O3S/c17-9-6-10-14(24-8-13(22)19-10)11(7-9)20-15(23)12-2-1-4-21(12)16-18-3-5-25-16/h3,5-7,12H,1-2,4,8H2,(H,19,22)(H,20,23). The molecule has 4 rings (SSSR count). The number of benzene rings is 1. The number of carbonyl (C=O) groups is 2. The van der Waals surface area contributed by atoms with Crippen LogP contribution in [0.3, 0.4) is 0 Å². The topological polar surface area (TPSA) is 83.6 Å². The molecule has 25 heavy (non-hydrogen) atoms. The number of carbonyl (C=O) groups excluding carboxylic acids is 2. The number of rotatable bonds is 3. The first kappa shape index (κ1) is 16.2. The number of halogens is 1. The van der Waals surface area contributed by atoms with E-state index < -0.39 is 0 Å². The minimum Gasteiger partial charge on any atom is -0.479 e. The second-order valence-electron chi connectivity index (χ2n) is 5.82. The first-order chi connectivity index (χ1) is 12.1. The van der Waals surface area contributed by atoms with Crippen LogP contribution in [0.15, 0.2) is 23.7 Å². The maximum atomic E-state index is 12.8. The van der Waals surface area contributed by atoms with E-state index in [2.05, 4.69) is 15.6 Å². The highest BCUT2D eigenvalue weighted by Gasteiger charge is 2.33. The summed E-state index contributed by atoms with van der Waals surface area (Å²) >= 11 is 7.62. The van der Waals surface area contributed by atoms with Gasteiger partial charge in [-0.25, -0.2) is 4.98 Å². The Hall–Kier alpha value is -2.32. The van der Waals surface area contributed by atoms with Crippen molar-refractivity contribution in [1.29, 1.82) is 0 Å². The molecule has 1 atom stereocenters. The number of thiazole rings is 1. The van der Waals surface area contributed by atoms with Gasteiger partial charge in [-0.2, -0.15) is 0 Å². The lowest BCUT2D eigenvalue weighted by molar-refractivity contribution is -0.118. The molecule has 1 unspecified atom stereocenters. The van der Waals surface area contributed by atoms with Crippen molar-refractivity contribution in [2.75, 3.05) is 28.7 Å². The zero-order valence-electron chi connectivity index (χ0n) is 13.1. The Morgan fingerprint density at radius 2 is 2.36 bits per heavy atom. The molecule has 9 heteroatoms. The van der Waals surface area contributed by atoms with Crippen LogP contribution in [0.25, 0.3) is 0 Å². The number of hydrogen-bond donors (Lipinski definition) is 2. The smallest absolute Gasteiger partial charge is 0.262 e. The van der Waals surface area contributed by atoms with Crippen LogP contribution >= 0.6 is 22.9 Å². The molecule has 130 valence electrons. The summed E-state index contributed by atoms with van der Waals surface area (Å²) < 4.78 is 5.48. The number of fused-ring (bicyclic) bond motifs is 1. The van der Waals surface area contributed by atoms with E-state index in [9.17, 15) is 9.59 Å². The van der Waals surface area contributed by atoms with E-state index in [0.29, 0.717) is 22.1 Å². The third kappa shape index (κ3) is 3.14. The largest absolute Gasteiger partial charge is 0.479 e. The molecule has 2 aliphatic rings. The number of hydrogen-bond acceptors (Lipinski definition) is 6. The first-order valence-electron chi connectivity index (χ1n) is 7.85. The van der Waals surface area contributed by atoms with Crippen molar-refractivity contribution in [3.05, 3.63) is 28.7 Å². The van der Waals surface area contributed by atoms with Crippen molar-refractivity contribution in [2.45, 2.75) is 18.9 Å². The molecule has 1 aromatic carbocycles. The fourth-order valence-corrected chi connectivity index (χ4v) is 4.04. The number of nitrogens with one attached hydrogen (secondary N) is 2. The van der Waals surface area contributed by atoms with Gasteiger partial charge >= 0.3 is 0 Å². The van der Waals surface area contributed by atoms with Crippen LogP contribution in [0.4, 0.5) is 16.5 Å². The van der Waals surface area contributed by atoms with E-state index in [1.54, 1.807) is 18.3 Å². The zero-order valence-corrected chi connectivity index (χ0v) is 14.7. The number of aromatic nitrogens is 1. The molecule has 0 bridgehead atoms. The van der Waals surface area contributed by atoms with Crippen molar-refractivity contribution in [3.8, 4) is 5.75 Å². The van der Waals surface area contributed by atoms with Gasteiger partial charge in [0.1, 0.15) is 6.04 Å². The van der Waals surface area contributed by atoms with Crippen LogP contribution in [0, 0.1) is 0 Å². The fourth-order valence-electron chi connectivity index (χ4n) is 3.10. The van der Waals surface area contributed by atoms with Crippen molar-refractivity contribution in [3.63, 3.8) is 0 Å². The van der Waals surface area contributed by atoms with Crippen LogP contribution in [0.1, 0.15) is 12.8 Å². The summed E-state index contributed by atoms with van der Waals surface area (Å²) in [6, 6.07) is 2.93. The van der Waals surface area contributed by atoms with Crippen LogP contribution < -0.4 is 20.3 Å². The maximum Gasteiger partial charge on any atom is 0.262 e. The van der Waals surface area contributed by atoms with Crippen molar-refractivity contribution in [1.82, 2.24) is 4.98 Å². The van der Waals surface area contributed by atoms with Gasteiger partial charge in [-0.05, 0) is 25.0 Å². The van der Waals surface area contributed by atoms with Gasteiger partial charge in [-0.1, -0.05) is 11.6 Å². The highest BCUT2D eigenvalue weighted by molar-refractivity contribution is 7.13. The highest BCUT2D eigenvalue weighted by atomic mass is 35.5. The molecule has 2 N–H and O–H groups in total. The van der Waals surface area contributed by atoms with Crippen LogP contribution in [0.5, 0.6) is 5.75 Å². The van der Waals surface area contributed by atoms with E-state index in [0.717, 1.165) is 24.5 Å². The average Bonchev–Trinajstić information content (AvgIpc) is 3.25. The van der Waals surface area contributed by atoms with E-state index in [1.165, 1.54) is 11.3 Å². The van der Waals surface area contributed by atoms with Crippen molar-refractivity contribution < 1.29 is 14.3 Å². The Labute approximate surface area is 152 Å². The highest BCUT2D eigenvalue weighted by Crippen LogP contribution is 2.39. The molecule has 7 nitrogen and oxygen atoms in total. The van der Waals surface area contributed by atoms with E-state index >= 15 is 0 Å². The summed E-state index contributed by atoms with van der Waals surface area (Å²) in [5, 5.41) is 8.73. The molecule has 0 spiro atoms. The number of nitrogens with zero attached hydrogens (tertiary/aromatic N) is 2. The lowest BCUT2D eigenvalue weighted by Gasteiger charge is -2.25. The third-order valence-electron chi connectivity index (χ3n) is 4.15. The molecule has 2 aliphatic heterocycles. The van der Waals surface area contributed by atoms with E-state index in [-0.39, 0.29) is 24.5 Å². The molecule has 1 fully saturated rings. The summed E-state index contributed by atoms with van der Waals surface area (Å²) in [6.45, 7) is 0.706. The second-order valence-corrected chi connectivity index (χ2v) is 7.13. The van der Waals surface area contributed by atoms with Crippen molar-refractivity contribution in [2.24, 2.45) is 0 Å². The Morgan fingerprint density at radius 1 is 1.48 bits per heavy atom. The lowest BCUT2D eigenvalue weighted by Crippen LogP contribution is -2.40. The minimum atomic E-state index is -0.293. The van der Waals surface area contributed by atoms with Gasteiger partial charge < -0.3 is 20.3 Å². The Balaban J connectivity index is 1.58. The van der Waals surface area contributed by atoms with Crippen LogP contribution in [0.2, 0.25) is 5.02 Å². The van der Waals surface area contributed by atoms with Gasteiger partial charge in [0.25, 0.3) is 5.91 Å². The number of ether oxygens (including phenoxy) is 1. The molecule has 2 amide bonds. The van der Waals surface area contributed by atoms with Crippen LogP contribution in [-0.2, 0) is 9.59 Å². The monoisotopic (exact) mass is 378 g/mol. The van der Waals surface area contributed by atoms with Gasteiger partial charge in [0.2, 0.25) is 5.91 Å². The molecule has 3 heterocycles. The molecular formula is C16H15ClN4O3S. The Morgan fingerprint density at radius 3 is 3.16 bits per heavy atom. The first-order valence-corrected chi connectivity index (χ1v) is 9.11. The summed E-state index contributed by atoms with van der Waals surface area (Å²) in [5.74, 6) is 0.0339. The second kappa shape index (κ2) is 6.53. The van der Waals surface area contributed by atoms with Gasteiger partial charge in [0.05, 0.1) is 11.4 Å². The summed E-state index contributed by atoms with van der Waals surface area (Å²) in [6.07, 6.45) is 3.42. The Kier molecular flexibility index (Phi) is 4.22. The zero-order chi connectivity index (χ0) is 17.4.